The molecular weight excluding hydrogens is 357 g/mol. The quantitative estimate of drug-likeness (QED) is 0.440. The smallest absolute Gasteiger partial charge is 0.255 e. The van der Waals surface area contributed by atoms with Crippen molar-refractivity contribution in [3.63, 3.8) is 0 Å². The first-order chi connectivity index (χ1) is 10.8. The molecule has 118 valence electrons. The molecule has 4 nitrogen and oxygen atoms in total. The predicted octanol–water partition coefficient (Wildman–Crippen LogP) is 3.16. The second-order valence-electron chi connectivity index (χ2n) is 5.36. The number of halogens is 3. The van der Waals surface area contributed by atoms with Gasteiger partial charge in [-0.3, -0.25) is 9.59 Å². The van der Waals surface area contributed by atoms with Crippen LogP contribution in [0.15, 0.2) is 36.4 Å². The summed E-state index contributed by atoms with van der Waals surface area (Å²) < 4.78 is -0.215. The number of aromatic nitrogens is 1. The van der Waals surface area contributed by atoms with E-state index in [9.17, 15) is 9.59 Å². The summed E-state index contributed by atoms with van der Waals surface area (Å²) in [6, 6.07) is 11.0. The van der Waals surface area contributed by atoms with Gasteiger partial charge in [-0.2, -0.15) is 0 Å². The number of hydrogen-bond acceptors (Lipinski definition) is 2. The SMILES string of the molecule is BC(=O)N1Cc2ccc(C(=O)C(Cl)(Cl)Cl)n2Cc2ccccc21. The number of amides is 1. The number of rotatable bonds is 1. The van der Waals surface area contributed by atoms with Crippen LogP contribution in [0.5, 0.6) is 0 Å². The van der Waals surface area contributed by atoms with E-state index in [1.807, 2.05) is 24.3 Å². The highest BCUT2D eigenvalue weighted by molar-refractivity contribution is 6.77. The second kappa shape index (κ2) is 5.89. The zero-order valence-corrected chi connectivity index (χ0v) is 14.5. The number of ketones is 1. The molecule has 0 spiro atoms. The zero-order valence-electron chi connectivity index (χ0n) is 12.2. The maximum absolute atomic E-state index is 12.3. The number of anilines is 1. The minimum Gasteiger partial charge on any atom is -0.336 e. The molecule has 0 N–H and O–H groups in total. The number of alkyl halides is 3. The first kappa shape index (κ1) is 16.4. The van der Waals surface area contributed by atoms with Crippen LogP contribution in [0.3, 0.4) is 0 Å². The van der Waals surface area contributed by atoms with Gasteiger partial charge < -0.3 is 9.47 Å². The Balaban J connectivity index is 2.13. The van der Waals surface area contributed by atoms with Gasteiger partial charge >= 0.3 is 0 Å². The highest BCUT2D eigenvalue weighted by Gasteiger charge is 2.35. The number of carbonyl (C=O) groups is 2. The summed E-state index contributed by atoms with van der Waals surface area (Å²) in [4.78, 5) is 26.0. The molecule has 0 fully saturated rings. The molecule has 1 aromatic carbocycles. The Morgan fingerprint density at radius 3 is 2.39 bits per heavy atom. The monoisotopic (exact) mass is 368 g/mol. The predicted molar refractivity (Wildman–Crippen MR) is 94.7 cm³/mol. The van der Waals surface area contributed by atoms with Crippen molar-refractivity contribution in [1.29, 1.82) is 0 Å². The molecule has 8 heteroatoms. The Hall–Kier alpha value is -1.43. The Morgan fingerprint density at radius 1 is 1.04 bits per heavy atom. The molecule has 23 heavy (non-hydrogen) atoms. The van der Waals surface area contributed by atoms with E-state index in [1.165, 1.54) is 7.85 Å². The Kier molecular flexibility index (Phi) is 4.21. The largest absolute Gasteiger partial charge is 0.336 e. The third kappa shape index (κ3) is 3.01. The van der Waals surface area contributed by atoms with Crippen LogP contribution in [0.2, 0.25) is 0 Å². The fourth-order valence-corrected chi connectivity index (χ4v) is 3.07. The highest BCUT2D eigenvalue weighted by Crippen LogP contribution is 2.34. The number of hydrogen-bond donors (Lipinski definition) is 0. The molecule has 0 saturated carbocycles. The van der Waals surface area contributed by atoms with E-state index < -0.39 is 9.58 Å². The molecule has 0 bridgehead atoms. The Bertz CT molecular complexity index is 798. The lowest BCUT2D eigenvalue weighted by Crippen LogP contribution is -2.29. The summed E-state index contributed by atoms with van der Waals surface area (Å²) >= 11 is 17.2. The van der Waals surface area contributed by atoms with Gasteiger partial charge in [0.05, 0.1) is 18.8 Å². The number of nitrogens with zero attached hydrogens (tertiary/aromatic N) is 2. The van der Waals surface area contributed by atoms with E-state index >= 15 is 0 Å². The van der Waals surface area contributed by atoms with Crippen molar-refractivity contribution in [3.8, 4) is 0 Å². The van der Waals surface area contributed by atoms with Gasteiger partial charge in [-0.05, 0) is 23.8 Å². The first-order valence-electron chi connectivity index (χ1n) is 6.95. The molecule has 1 amide bonds. The molecule has 2 heterocycles. The van der Waals surface area contributed by atoms with Gasteiger partial charge in [-0.1, -0.05) is 53.0 Å². The van der Waals surface area contributed by atoms with Crippen molar-refractivity contribution in [1.82, 2.24) is 4.57 Å². The van der Waals surface area contributed by atoms with Crippen LogP contribution in [-0.2, 0) is 13.1 Å². The van der Waals surface area contributed by atoms with E-state index in [2.05, 4.69) is 0 Å². The number of Topliss-reactive ketones (excluding diaryl/α,β-unsaturated/α-hetero) is 1. The van der Waals surface area contributed by atoms with Crippen molar-refractivity contribution < 1.29 is 9.59 Å². The topological polar surface area (TPSA) is 42.3 Å². The lowest BCUT2D eigenvalue weighted by Gasteiger charge is -2.21. The van der Waals surface area contributed by atoms with E-state index in [0.29, 0.717) is 18.8 Å². The molecule has 1 aliphatic rings. The standard InChI is InChI=1S/C15H12BCl3N2O2/c16-14(23)21-8-10-5-6-12(13(22)15(17,18)19)20(10)7-9-3-1-2-4-11(9)21/h1-6H,7-8,16H2. The summed E-state index contributed by atoms with van der Waals surface area (Å²) in [6.45, 7) is 0.795. The molecule has 0 unspecified atom stereocenters. The van der Waals surface area contributed by atoms with Crippen molar-refractivity contribution in [2.45, 2.75) is 16.9 Å². The van der Waals surface area contributed by atoms with Crippen LogP contribution < -0.4 is 4.90 Å². The van der Waals surface area contributed by atoms with Gasteiger partial charge in [0.25, 0.3) is 3.79 Å². The first-order valence-corrected chi connectivity index (χ1v) is 8.08. The molecule has 3 rings (SSSR count). The molecule has 1 aliphatic heterocycles. The van der Waals surface area contributed by atoms with Gasteiger partial charge in [0, 0.05) is 11.4 Å². The second-order valence-corrected chi connectivity index (χ2v) is 7.64. The molecule has 0 saturated heterocycles. The minimum atomic E-state index is -2.01. The molecule has 0 radical (unpaired) electrons. The fourth-order valence-electron chi connectivity index (χ4n) is 2.78. The van der Waals surface area contributed by atoms with Crippen LogP contribution in [0.25, 0.3) is 0 Å². The van der Waals surface area contributed by atoms with Gasteiger partial charge in [0.2, 0.25) is 13.6 Å². The maximum atomic E-state index is 12.3. The number of para-hydroxylation sites is 1. The van der Waals surface area contributed by atoms with Crippen molar-refractivity contribution in [2.24, 2.45) is 0 Å². The van der Waals surface area contributed by atoms with Crippen LogP contribution in [0, 0.1) is 0 Å². The molecule has 1 aromatic heterocycles. The summed E-state index contributed by atoms with van der Waals surface area (Å²) in [5.74, 6) is -0.649. The average Bonchev–Trinajstić information content (AvgIpc) is 2.78. The summed E-state index contributed by atoms with van der Waals surface area (Å²) in [5, 5.41) is 0. The molecular formula is C15H12BCl3N2O2. The Labute approximate surface area is 149 Å². The summed E-state index contributed by atoms with van der Waals surface area (Å²) in [6.07, 6.45) is 0. The third-order valence-electron chi connectivity index (χ3n) is 3.87. The summed E-state index contributed by atoms with van der Waals surface area (Å²) in [5.41, 5.74) is 2.89. The normalized spacial score (nSPS) is 14.0. The zero-order chi connectivity index (χ0) is 16.8. The van der Waals surface area contributed by atoms with Gasteiger partial charge in [0.15, 0.2) is 5.81 Å². The lowest BCUT2D eigenvalue weighted by molar-refractivity contribution is 0.0987. The van der Waals surface area contributed by atoms with Crippen molar-refractivity contribution >= 4 is 59.9 Å². The Morgan fingerprint density at radius 2 is 1.74 bits per heavy atom. The number of benzene rings is 1. The summed E-state index contributed by atoms with van der Waals surface area (Å²) in [7, 11) is 1.52. The van der Waals surface area contributed by atoms with Crippen molar-refractivity contribution in [3.05, 3.63) is 53.3 Å². The van der Waals surface area contributed by atoms with Crippen molar-refractivity contribution in [2.75, 3.05) is 4.90 Å². The van der Waals surface area contributed by atoms with E-state index in [-0.39, 0.29) is 5.81 Å². The minimum absolute atomic E-state index is 0.0682. The molecule has 2 aromatic rings. The van der Waals surface area contributed by atoms with E-state index in [1.54, 1.807) is 21.6 Å². The lowest BCUT2D eigenvalue weighted by atomic mass is 10.1. The third-order valence-corrected chi connectivity index (χ3v) is 4.39. The van der Waals surface area contributed by atoms with Crippen LogP contribution in [0.4, 0.5) is 10.5 Å². The molecule has 0 aliphatic carbocycles. The number of fused-ring (bicyclic) bond motifs is 2. The van der Waals surface area contributed by atoms with E-state index in [4.69, 9.17) is 34.8 Å². The van der Waals surface area contributed by atoms with Gasteiger partial charge in [0.1, 0.15) is 0 Å². The number of carbonyl (C=O) groups excluding carboxylic acids is 2. The van der Waals surface area contributed by atoms with E-state index in [0.717, 1.165) is 16.9 Å². The van der Waals surface area contributed by atoms with Gasteiger partial charge in [-0.25, -0.2) is 0 Å². The molecule has 0 atom stereocenters. The highest BCUT2D eigenvalue weighted by atomic mass is 35.6. The van der Waals surface area contributed by atoms with Crippen LogP contribution in [0.1, 0.15) is 21.7 Å². The maximum Gasteiger partial charge on any atom is 0.255 e. The fraction of sp³-hybridized carbons (Fsp3) is 0.200. The van der Waals surface area contributed by atoms with Gasteiger partial charge in [-0.15, -0.1) is 0 Å². The van der Waals surface area contributed by atoms with Crippen LogP contribution >= 0.6 is 34.8 Å². The van der Waals surface area contributed by atoms with Crippen LogP contribution in [-0.4, -0.2) is 27.8 Å². The average molecular weight is 369 g/mol.